The third kappa shape index (κ3) is 1.57. The fraction of sp³-hybridized carbons (Fsp3) is 0.0556. The van der Waals surface area contributed by atoms with Gasteiger partial charge in [-0.25, -0.2) is 0 Å². The van der Waals surface area contributed by atoms with E-state index in [1.165, 1.54) is 16.2 Å². The summed E-state index contributed by atoms with van der Waals surface area (Å²) in [5.41, 5.74) is 5.53. The summed E-state index contributed by atoms with van der Waals surface area (Å²) < 4.78 is 0. The summed E-state index contributed by atoms with van der Waals surface area (Å²) in [7, 11) is 1.78. The molecule has 3 heteroatoms. The summed E-state index contributed by atoms with van der Waals surface area (Å²) in [5.74, 6) is 0. The van der Waals surface area contributed by atoms with Crippen LogP contribution >= 0.6 is 0 Å². The van der Waals surface area contributed by atoms with Gasteiger partial charge < -0.3 is 9.97 Å². The van der Waals surface area contributed by atoms with Gasteiger partial charge in [0.15, 0.2) is 0 Å². The molecule has 102 valence electrons. The Morgan fingerprint density at radius 3 is 2.67 bits per heavy atom. The topological polar surface area (TPSA) is 43.9 Å². The highest BCUT2D eigenvalue weighted by Crippen LogP contribution is 2.34. The smallest absolute Gasteiger partial charge is 0.0646 e. The van der Waals surface area contributed by atoms with Crippen LogP contribution in [-0.4, -0.2) is 23.2 Å². The molecule has 2 N–H and O–H groups in total. The number of aromatic nitrogens is 2. The highest BCUT2D eigenvalue weighted by molar-refractivity contribution is 6.21. The lowest BCUT2D eigenvalue weighted by atomic mass is 10.1. The minimum absolute atomic E-state index is 1.00. The fourth-order valence-electron chi connectivity index (χ4n) is 3.09. The zero-order chi connectivity index (χ0) is 14.4. The molecule has 0 atom stereocenters. The normalized spacial score (nSPS) is 12.0. The van der Waals surface area contributed by atoms with Crippen molar-refractivity contribution in [3.63, 3.8) is 0 Å². The van der Waals surface area contributed by atoms with Crippen molar-refractivity contribution in [3.8, 4) is 0 Å². The maximum Gasteiger partial charge on any atom is 0.0646 e. The van der Waals surface area contributed by atoms with E-state index >= 15 is 0 Å². The molecule has 0 radical (unpaired) electrons. The van der Waals surface area contributed by atoms with Crippen molar-refractivity contribution in [2.24, 2.45) is 4.99 Å². The molecule has 2 heterocycles. The van der Waals surface area contributed by atoms with Crippen LogP contribution in [0.5, 0.6) is 0 Å². The Hall–Kier alpha value is -2.81. The highest BCUT2D eigenvalue weighted by Gasteiger charge is 2.13. The lowest BCUT2D eigenvalue weighted by Crippen LogP contribution is -1.82. The first-order chi connectivity index (χ1) is 10.3. The van der Waals surface area contributed by atoms with Gasteiger partial charge in [-0.2, -0.15) is 0 Å². The molecular formula is C18H15N3. The molecule has 21 heavy (non-hydrogen) atoms. The van der Waals surface area contributed by atoms with Gasteiger partial charge in [0, 0.05) is 46.0 Å². The summed E-state index contributed by atoms with van der Waals surface area (Å²) in [6, 6.07) is 12.6. The average molecular weight is 273 g/mol. The number of benzene rings is 2. The largest absolute Gasteiger partial charge is 0.354 e. The van der Waals surface area contributed by atoms with Crippen LogP contribution in [0.15, 0.2) is 48.0 Å². The first-order valence-corrected chi connectivity index (χ1v) is 6.93. The zero-order valence-corrected chi connectivity index (χ0v) is 11.8. The number of H-pyrrole nitrogens is 2. The second kappa shape index (κ2) is 4.35. The number of hydrogen-bond acceptors (Lipinski definition) is 1. The quantitative estimate of drug-likeness (QED) is 0.505. The summed E-state index contributed by atoms with van der Waals surface area (Å²) in [5, 5.41) is 3.63. The molecule has 0 aliphatic rings. The van der Waals surface area contributed by atoms with E-state index in [-0.39, 0.29) is 0 Å². The van der Waals surface area contributed by atoms with Crippen molar-refractivity contribution in [1.29, 1.82) is 0 Å². The Bertz CT molecular complexity index is 1020. The van der Waals surface area contributed by atoms with E-state index in [1.54, 1.807) is 7.05 Å². The van der Waals surface area contributed by atoms with Crippen LogP contribution < -0.4 is 0 Å². The highest BCUT2D eigenvalue weighted by atomic mass is 14.8. The van der Waals surface area contributed by atoms with Gasteiger partial charge in [-0.1, -0.05) is 36.9 Å². The van der Waals surface area contributed by atoms with Crippen molar-refractivity contribution in [2.45, 2.75) is 0 Å². The average Bonchev–Trinajstić information content (AvgIpc) is 3.04. The summed E-state index contributed by atoms with van der Waals surface area (Å²) in [6.45, 7) is 3.94. The zero-order valence-electron chi connectivity index (χ0n) is 11.8. The minimum Gasteiger partial charge on any atom is -0.354 e. The molecule has 0 bridgehead atoms. The predicted octanol–water partition coefficient (Wildman–Crippen LogP) is 4.49. The van der Waals surface area contributed by atoms with Crippen LogP contribution in [-0.2, 0) is 0 Å². The maximum absolute atomic E-state index is 4.13. The van der Waals surface area contributed by atoms with Crippen molar-refractivity contribution >= 4 is 45.0 Å². The van der Waals surface area contributed by atoms with E-state index in [0.29, 0.717) is 0 Å². The molecular weight excluding hydrogens is 258 g/mol. The van der Waals surface area contributed by atoms with E-state index < -0.39 is 0 Å². The molecule has 0 unspecified atom stereocenters. The number of hydrogen-bond donors (Lipinski definition) is 2. The van der Waals surface area contributed by atoms with E-state index in [4.69, 9.17) is 0 Å². The second-order valence-electron chi connectivity index (χ2n) is 5.13. The molecule has 0 saturated heterocycles. The Labute approximate surface area is 122 Å². The van der Waals surface area contributed by atoms with Crippen LogP contribution in [0.4, 0.5) is 0 Å². The molecule has 3 nitrogen and oxygen atoms in total. The van der Waals surface area contributed by atoms with Crippen molar-refractivity contribution < 1.29 is 0 Å². The van der Waals surface area contributed by atoms with Gasteiger partial charge in [-0.3, -0.25) is 4.99 Å². The lowest BCUT2D eigenvalue weighted by Gasteiger charge is -1.95. The molecule has 2 aromatic carbocycles. The standard InChI is InChI=1S/C18H15N3/c1-3-11-12-8-9-15-17(18(12)21-16(11)10-19-2)13-6-4-5-7-14(13)20-15/h3-10,20-21H,1H2,2H3. The lowest BCUT2D eigenvalue weighted by molar-refractivity contribution is 1.40. The number of rotatable bonds is 2. The first kappa shape index (κ1) is 12.0. The Morgan fingerprint density at radius 2 is 1.86 bits per heavy atom. The Morgan fingerprint density at radius 1 is 1.00 bits per heavy atom. The molecule has 0 saturated carbocycles. The van der Waals surface area contributed by atoms with E-state index in [9.17, 15) is 0 Å². The van der Waals surface area contributed by atoms with Crippen molar-refractivity contribution in [1.82, 2.24) is 9.97 Å². The van der Waals surface area contributed by atoms with Crippen LogP contribution in [0.3, 0.4) is 0 Å². The minimum atomic E-state index is 1.00. The number of fused-ring (bicyclic) bond motifs is 5. The summed E-state index contributed by atoms with van der Waals surface area (Å²) >= 11 is 0. The molecule has 2 aromatic heterocycles. The van der Waals surface area contributed by atoms with Gasteiger partial charge in [0.05, 0.1) is 11.2 Å². The number of para-hydroxylation sites is 1. The molecule has 0 fully saturated rings. The Balaban J connectivity index is 2.25. The first-order valence-electron chi connectivity index (χ1n) is 6.93. The van der Waals surface area contributed by atoms with E-state index in [2.05, 4.69) is 51.9 Å². The van der Waals surface area contributed by atoms with Crippen LogP contribution in [0.2, 0.25) is 0 Å². The number of aromatic amines is 2. The van der Waals surface area contributed by atoms with Gasteiger partial charge in [0.1, 0.15) is 0 Å². The van der Waals surface area contributed by atoms with Crippen LogP contribution in [0.1, 0.15) is 11.3 Å². The van der Waals surface area contributed by atoms with Gasteiger partial charge in [0.25, 0.3) is 0 Å². The second-order valence-corrected chi connectivity index (χ2v) is 5.13. The van der Waals surface area contributed by atoms with Crippen molar-refractivity contribution in [2.75, 3.05) is 7.05 Å². The van der Waals surface area contributed by atoms with Crippen LogP contribution in [0.25, 0.3) is 38.8 Å². The third-order valence-corrected chi connectivity index (χ3v) is 3.97. The van der Waals surface area contributed by atoms with E-state index in [1.807, 2.05) is 18.4 Å². The molecule has 0 amide bonds. The molecule has 4 rings (SSSR count). The van der Waals surface area contributed by atoms with Gasteiger partial charge in [-0.15, -0.1) is 0 Å². The monoisotopic (exact) mass is 273 g/mol. The third-order valence-electron chi connectivity index (χ3n) is 3.97. The van der Waals surface area contributed by atoms with Crippen molar-refractivity contribution in [3.05, 3.63) is 54.2 Å². The number of aliphatic imine (C=N–C) groups is 1. The Kier molecular flexibility index (Phi) is 2.48. The van der Waals surface area contributed by atoms with E-state index in [0.717, 1.165) is 27.8 Å². The molecule has 4 aromatic rings. The summed E-state index contributed by atoms with van der Waals surface area (Å²) in [4.78, 5) is 11.1. The number of nitrogens with one attached hydrogen (secondary N) is 2. The van der Waals surface area contributed by atoms with Gasteiger partial charge >= 0.3 is 0 Å². The molecule has 0 spiro atoms. The van der Waals surface area contributed by atoms with Gasteiger partial charge in [-0.05, 0) is 12.1 Å². The molecule has 0 aliphatic carbocycles. The maximum atomic E-state index is 4.13. The SMILES string of the molecule is C=Cc1c(C=NC)[nH]c2c1ccc1[nH]c3ccccc3c12. The predicted molar refractivity (Wildman–Crippen MR) is 91.3 cm³/mol. The number of nitrogens with zero attached hydrogens (tertiary/aromatic N) is 1. The summed E-state index contributed by atoms with van der Waals surface area (Å²) in [6.07, 6.45) is 3.73. The molecule has 0 aliphatic heterocycles. The van der Waals surface area contributed by atoms with Gasteiger partial charge in [0.2, 0.25) is 0 Å². The fourth-order valence-corrected chi connectivity index (χ4v) is 3.09. The van der Waals surface area contributed by atoms with Crippen LogP contribution in [0, 0.1) is 0 Å².